The Bertz CT molecular complexity index is 784. The molecule has 166 valence electrons. The highest BCUT2D eigenvalue weighted by molar-refractivity contribution is 14.0. The second-order valence-corrected chi connectivity index (χ2v) is 6.68. The Morgan fingerprint density at radius 2 is 1.87 bits per heavy atom. The molecule has 7 heteroatoms. The Balaban J connectivity index is 0.00000450. The Morgan fingerprint density at radius 3 is 2.60 bits per heavy atom. The highest BCUT2D eigenvalue weighted by atomic mass is 127. The third-order valence-corrected chi connectivity index (χ3v) is 4.36. The van der Waals surface area contributed by atoms with Crippen molar-refractivity contribution in [1.29, 1.82) is 0 Å². The van der Waals surface area contributed by atoms with Gasteiger partial charge in [-0.15, -0.1) is 24.0 Å². The number of methoxy groups -OCH3 is 2. The number of nitrogens with one attached hydrogen (secondary N) is 2. The summed E-state index contributed by atoms with van der Waals surface area (Å²) in [5, 5.41) is 6.70. The van der Waals surface area contributed by atoms with E-state index in [4.69, 9.17) is 19.2 Å². The number of aryl methyl sites for hydroxylation is 1. The van der Waals surface area contributed by atoms with Crippen molar-refractivity contribution in [2.24, 2.45) is 4.99 Å². The Kier molecular flexibility index (Phi) is 12.9. The van der Waals surface area contributed by atoms with Crippen LogP contribution in [-0.2, 0) is 17.7 Å². The summed E-state index contributed by atoms with van der Waals surface area (Å²) in [7, 11) is 3.36. The van der Waals surface area contributed by atoms with Gasteiger partial charge < -0.3 is 24.8 Å². The lowest BCUT2D eigenvalue weighted by molar-refractivity contribution is 0.145. The van der Waals surface area contributed by atoms with Crippen LogP contribution in [0, 0.1) is 6.92 Å². The van der Waals surface area contributed by atoms with Crippen LogP contribution < -0.4 is 20.1 Å². The van der Waals surface area contributed by atoms with Crippen LogP contribution in [0.4, 0.5) is 0 Å². The molecular formula is C23H34IN3O3. The number of halogens is 1. The monoisotopic (exact) mass is 527 g/mol. The highest BCUT2D eigenvalue weighted by Crippen LogP contribution is 2.21. The van der Waals surface area contributed by atoms with Crippen molar-refractivity contribution in [2.45, 2.75) is 26.8 Å². The standard InChI is InChI=1S/C23H33N3O3.HI/c1-5-24-23(25-12-11-19-7-6-8-21(16-19)28-4)26-17-20-10-9-18(2)15-22(20)29-14-13-27-3;/h6-10,15-16H,5,11-14,17H2,1-4H3,(H2,24,25,26);1H. The first-order valence-electron chi connectivity index (χ1n) is 10.0. The van der Waals surface area contributed by atoms with Gasteiger partial charge in [0, 0.05) is 25.8 Å². The van der Waals surface area contributed by atoms with Crippen LogP contribution in [0.1, 0.15) is 23.6 Å². The number of nitrogens with zero attached hydrogens (tertiary/aromatic N) is 1. The Hall–Kier alpha value is -2.00. The Labute approximate surface area is 197 Å². The zero-order chi connectivity index (χ0) is 20.9. The van der Waals surface area contributed by atoms with Crippen LogP contribution in [0.3, 0.4) is 0 Å². The van der Waals surface area contributed by atoms with E-state index in [-0.39, 0.29) is 24.0 Å². The number of ether oxygens (including phenoxy) is 3. The predicted molar refractivity (Wildman–Crippen MR) is 133 cm³/mol. The summed E-state index contributed by atoms with van der Waals surface area (Å²) in [6.45, 7) is 7.32. The summed E-state index contributed by atoms with van der Waals surface area (Å²) in [5.74, 6) is 2.53. The molecule has 2 aromatic carbocycles. The molecule has 0 bridgehead atoms. The first-order chi connectivity index (χ1) is 14.2. The molecule has 0 heterocycles. The highest BCUT2D eigenvalue weighted by Gasteiger charge is 2.05. The maximum absolute atomic E-state index is 5.86. The van der Waals surface area contributed by atoms with Gasteiger partial charge in [-0.25, -0.2) is 4.99 Å². The zero-order valence-electron chi connectivity index (χ0n) is 18.4. The van der Waals surface area contributed by atoms with Crippen LogP contribution in [0.25, 0.3) is 0 Å². The SMILES string of the molecule is CCNC(=NCc1ccc(C)cc1OCCOC)NCCc1cccc(OC)c1.I. The molecule has 0 aliphatic heterocycles. The van der Waals surface area contributed by atoms with Gasteiger partial charge in [0.05, 0.1) is 20.3 Å². The van der Waals surface area contributed by atoms with Gasteiger partial charge in [-0.3, -0.25) is 0 Å². The van der Waals surface area contributed by atoms with Crippen molar-refractivity contribution in [3.8, 4) is 11.5 Å². The van der Waals surface area contributed by atoms with Crippen molar-refractivity contribution >= 4 is 29.9 Å². The maximum atomic E-state index is 5.86. The minimum Gasteiger partial charge on any atom is -0.497 e. The first kappa shape index (κ1) is 26.0. The molecule has 2 N–H and O–H groups in total. The normalized spacial score (nSPS) is 10.9. The number of hydrogen-bond acceptors (Lipinski definition) is 4. The third-order valence-electron chi connectivity index (χ3n) is 4.36. The van der Waals surface area contributed by atoms with Crippen molar-refractivity contribution in [1.82, 2.24) is 10.6 Å². The van der Waals surface area contributed by atoms with Crippen LogP contribution in [0.5, 0.6) is 11.5 Å². The lowest BCUT2D eigenvalue weighted by Crippen LogP contribution is -2.38. The number of rotatable bonds is 11. The van der Waals surface area contributed by atoms with Gasteiger partial charge in [-0.1, -0.05) is 24.3 Å². The summed E-state index contributed by atoms with van der Waals surface area (Å²) in [4.78, 5) is 4.73. The van der Waals surface area contributed by atoms with Gasteiger partial charge in [-0.05, 0) is 49.6 Å². The minimum absolute atomic E-state index is 0. The van der Waals surface area contributed by atoms with E-state index in [0.717, 1.165) is 48.1 Å². The average Bonchev–Trinajstić information content (AvgIpc) is 2.73. The third kappa shape index (κ3) is 9.21. The first-order valence-corrected chi connectivity index (χ1v) is 10.0. The van der Waals surface area contributed by atoms with E-state index in [1.165, 1.54) is 5.56 Å². The van der Waals surface area contributed by atoms with Crippen molar-refractivity contribution < 1.29 is 14.2 Å². The van der Waals surface area contributed by atoms with Gasteiger partial charge in [0.2, 0.25) is 0 Å². The van der Waals surface area contributed by atoms with Crippen molar-refractivity contribution in [2.75, 3.05) is 40.5 Å². The fourth-order valence-corrected chi connectivity index (χ4v) is 2.82. The largest absolute Gasteiger partial charge is 0.497 e. The summed E-state index contributed by atoms with van der Waals surface area (Å²) in [6.07, 6.45) is 0.886. The van der Waals surface area contributed by atoms with E-state index in [1.54, 1.807) is 14.2 Å². The summed E-state index contributed by atoms with van der Waals surface area (Å²) >= 11 is 0. The number of guanidine groups is 1. The van der Waals surface area contributed by atoms with Gasteiger partial charge in [-0.2, -0.15) is 0 Å². The average molecular weight is 527 g/mol. The molecule has 0 saturated heterocycles. The lowest BCUT2D eigenvalue weighted by atomic mass is 10.1. The summed E-state index contributed by atoms with van der Waals surface area (Å²) in [5.41, 5.74) is 3.44. The lowest BCUT2D eigenvalue weighted by Gasteiger charge is -2.14. The van der Waals surface area contributed by atoms with Gasteiger partial charge >= 0.3 is 0 Å². The molecule has 0 aliphatic rings. The molecule has 0 aromatic heterocycles. The number of hydrogen-bond donors (Lipinski definition) is 2. The smallest absolute Gasteiger partial charge is 0.191 e. The molecule has 2 rings (SSSR count). The number of benzene rings is 2. The molecule has 0 radical (unpaired) electrons. The van der Waals surface area contributed by atoms with E-state index < -0.39 is 0 Å². The quantitative estimate of drug-likeness (QED) is 0.201. The van der Waals surface area contributed by atoms with E-state index in [9.17, 15) is 0 Å². The number of aliphatic imine (C=N–C) groups is 1. The van der Waals surface area contributed by atoms with Gasteiger partial charge in [0.15, 0.2) is 5.96 Å². The molecule has 0 saturated carbocycles. The topological polar surface area (TPSA) is 64.1 Å². The summed E-state index contributed by atoms with van der Waals surface area (Å²) in [6, 6.07) is 14.3. The van der Waals surface area contributed by atoms with Crippen LogP contribution in [-0.4, -0.2) is 46.5 Å². The predicted octanol–water partition coefficient (Wildman–Crippen LogP) is 3.94. The minimum atomic E-state index is 0. The molecule has 30 heavy (non-hydrogen) atoms. The van der Waals surface area contributed by atoms with E-state index in [1.807, 2.05) is 18.2 Å². The van der Waals surface area contributed by atoms with E-state index >= 15 is 0 Å². The maximum Gasteiger partial charge on any atom is 0.191 e. The molecule has 2 aromatic rings. The van der Waals surface area contributed by atoms with Crippen LogP contribution in [0.15, 0.2) is 47.5 Å². The zero-order valence-corrected chi connectivity index (χ0v) is 20.7. The second-order valence-electron chi connectivity index (χ2n) is 6.68. The fourth-order valence-electron chi connectivity index (χ4n) is 2.82. The fraction of sp³-hybridized carbons (Fsp3) is 0.435. The van der Waals surface area contributed by atoms with E-state index in [0.29, 0.717) is 19.8 Å². The molecule has 0 spiro atoms. The van der Waals surface area contributed by atoms with Gasteiger partial charge in [0.25, 0.3) is 0 Å². The van der Waals surface area contributed by atoms with Crippen LogP contribution in [0.2, 0.25) is 0 Å². The van der Waals surface area contributed by atoms with Crippen LogP contribution >= 0.6 is 24.0 Å². The van der Waals surface area contributed by atoms with Gasteiger partial charge in [0.1, 0.15) is 18.1 Å². The summed E-state index contributed by atoms with van der Waals surface area (Å²) < 4.78 is 16.2. The molecule has 6 nitrogen and oxygen atoms in total. The second kappa shape index (κ2) is 14.9. The van der Waals surface area contributed by atoms with E-state index in [2.05, 4.69) is 48.7 Å². The molecule has 0 fully saturated rings. The molecule has 0 unspecified atom stereocenters. The molecular weight excluding hydrogens is 493 g/mol. The van der Waals surface area contributed by atoms with Crippen molar-refractivity contribution in [3.05, 3.63) is 59.2 Å². The Morgan fingerprint density at radius 1 is 1.03 bits per heavy atom. The van der Waals surface area contributed by atoms with Crippen molar-refractivity contribution in [3.63, 3.8) is 0 Å². The molecule has 0 amide bonds. The molecule has 0 atom stereocenters. The molecule has 0 aliphatic carbocycles.